The topological polar surface area (TPSA) is 26.3 Å². The van der Waals surface area contributed by atoms with E-state index in [0.29, 0.717) is 6.42 Å². The van der Waals surface area contributed by atoms with Gasteiger partial charge in [-0.3, -0.25) is 4.79 Å². The summed E-state index contributed by atoms with van der Waals surface area (Å²) < 4.78 is 5.81. The summed E-state index contributed by atoms with van der Waals surface area (Å²) in [4.78, 5) is 11.8. The number of hydrogen-bond acceptors (Lipinski definition) is 2. The molecule has 0 atom stereocenters. The molecule has 1 fully saturated rings. The zero-order valence-corrected chi connectivity index (χ0v) is 10.7. The van der Waals surface area contributed by atoms with Gasteiger partial charge in [-0.2, -0.15) is 0 Å². The van der Waals surface area contributed by atoms with E-state index >= 15 is 0 Å². The number of carbonyl (C=O) groups is 1. The monoisotopic (exact) mass is 252 g/mol. The molecule has 0 amide bonds. The maximum absolute atomic E-state index is 11.8. The van der Waals surface area contributed by atoms with Crippen molar-refractivity contribution in [1.29, 1.82) is 0 Å². The lowest BCUT2D eigenvalue weighted by molar-refractivity contribution is -0.163. The van der Waals surface area contributed by atoms with Crippen molar-refractivity contribution in [3.05, 3.63) is 71.8 Å². The standard InChI is InChI=1S/C17H16O2/c18-16-12-7-13-17(19-16,14-8-3-1-4-9-14)15-10-5-2-6-11-15/h1-6,8-11H,7,12-13H2. The van der Waals surface area contributed by atoms with E-state index in [4.69, 9.17) is 4.74 Å². The second-order valence-electron chi connectivity index (χ2n) is 4.89. The van der Waals surface area contributed by atoms with Crippen molar-refractivity contribution >= 4 is 5.97 Å². The molecule has 0 unspecified atom stereocenters. The van der Waals surface area contributed by atoms with Crippen molar-refractivity contribution in [1.82, 2.24) is 0 Å². The minimum Gasteiger partial charge on any atom is -0.449 e. The third kappa shape index (κ3) is 2.14. The summed E-state index contributed by atoms with van der Waals surface area (Å²) in [5.41, 5.74) is 1.49. The van der Waals surface area contributed by atoms with Crippen molar-refractivity contribution in [3.8, 4) is 0 Å². The molecule has 0 spiro atoms. The number of carbonyl (C=O) groups excluding carboxylic acids is 1. The smallest absolute Gasteiger partial charge is 0.307 e. The molecule has 2 heteroatoms. The van der Waals surface area contributed by atoms with E-state index in [-0.39, 0.29) is 5.97 Å². The molecule has 2 aromatic carbocycles. The second-order valence-corrected chi connectivity index (χ2v) is 4.89. The Morgan fingerprint density at radius 1 is 0.842 bits per heavy atom. The Kier molecular flexibility index (Phi) is 3.08. The van der Waals surface area contributed by atoms with E-state index in [0.717, 1.165) is 24.0 Å². The van der Waals surface area contributed by atoms with Crippen molar-refractivity contribution in [3.63, 3.8) is 0 Å². The highest BCUT2D eigenvalue weighted by Crippen LogP contribution is 2.41. The molecule has 1 aliphatic heterocycles. The highest BCUT2D eigenvalue weighted by molar-refractivity contribution is 5.71. The van der Waals surface area contributed by atoms with Crippen molar-refractivity contribution in [2.75, 3.05) is 0 Å². The molecule has 2 aromatic rings. The normalized spacial score (nSPS) is 17.8. The molecule has 1 heterocycles. The minimum atomic E-state index is -0.613. The van der Waals surface area contributed by atoms with E-state index in [9.17, 15) is 4.79 Å². The van der Waals surface area contributed by atoms with Crippen LogP contribution in [0.3, 0.4) is 0 Å². The molecule has 0 aliphatic carbocycles. The maximum atomic E-state index is 11.8. The molecular weight excluding hydrogens is 236 g/mol. The second kappa shape index (κ2) is 4.88. The van der Waals surface area contributed by atoms with Gasteiger partial charge in [0.15, 0.2) is 5.60 Å². The van der Waals surface area contributed by atoms with Gasteiger partial charge >= 0.3 is 5.97 Å². The SMILES string of the molecule is O=C1CCCC(c2ccccc2)(c2ccccc2)O1. The van der Waals surface area contributed by atoms with Crippen molar-refractivity contribution in [2.45, 2.75) is 24.9 Å². The lowest BCUT2D eigenvalue weighted by atomic mass is 9.80. The highest BCUT2D eigenvalue weighted by atomic mass is 16.6. The number of ether oxygens (including phenoxy) is 1. The quantitative estimate of drug-likeness (QED) is 0.762. The Labute approximate surface area is 113 Å². The Morgan fingerprint density at radius 2 is 1.37 bits per heavy atom. The van der Waals surface area contributed by atoms with Gasteiger partial charge in [-0.25, -0.2) is 0 Å². The molecule has 0 aromatic heterocycles. The molecule has 1 saturated heterocycles. The van der Waals surface area contributed by atoms with Crippen LogP contribution >= 0.6 is 0 Å². The van der Waals surface area contributed by atoms with Crippen LogP contribution in [0.4, 0.5) is 0 Å². The summed E-state index contributed by atoms with van der Waals surface area (Å²) in [6.45, 7) is 0. The summed E-state index contributed by atoms with van der Waals surface area (Å²) in [6, 6.07) is 20.0. The Bertz CT molecular complexity index is 521. The van der Waals surface area contributed by atoms with Crippen LogP contribution in [0, 0.1) is 0 Å². The van der Waals surface area contributed by atoms with Gasteiger partial charge in [0.25, 0.3) is 0 Å². The first kappa shape index (κ1) is 12.0. The van der Waals surface area contributed by atoms with E-state index in [1.54, 1.807) is 0 Å². The van der Waals surface area contributed by atoms with Crippen LogP contribution in [-0.4, -0.2) is 5.97 Å². The lowest BCUT2D eigenvalue weighted by Crippen LogP contribution is -2.37. The third-order valence-corrected chi connectivity index (χ3v) is 3.68. The number of rotatable bonds is 2. The highest BCUT2D eigenvalue weighted by Gasteiger charge is 2.40. The predicted molar refractivity (Wildman–Crippen MR) is 73.6 cm³/mol. The van der Waals surface area contributed by atoms with Gasteiger partial charge in [0, 0.05) is 17.5 Å². The first-order valence-corrected chi connectivity index (χ1v) is 6.64. The summed E-state index contributed by atoms with van der Waals surface area (Å²) >= 11 is 0. The number of hydrogen-bond donors (Lipinski definition) is 0. The molecule has 1 aliphatic rings. The Hall–Kier alpha value is -2.09. The van der Waals surface area contributed by atoms with Crippen LogP contribution < -0.4 is 0 Å². The van der Waals surface area contributed by atoms with Crippen LogP contribution in [-0.2, 0) is 15.1 Å². The lowest BCUT2D eigenvalue weighted by Gasteiger charge is -2.37. The molecule has 19 heavy (non-hydrogen) atoms. The average Bonchev–Trinajstić information content (AvgIpc) is 2.49. The fourth-order valence-electron chi connectivity index (χ4n) is 2.77. The van der Waals surface area contributed by atoms with E-state index < -0.39 is 5.60 Å². The summed E-state index contributed by atoms with van der Waals surface area (Å²) in [7, 11) is 0. The van der Waals surface area contributed by atoms with Gasteiger partial charge in [-0.1, -0.05) is 60.7 Å². The van der Waals surface area contributed by atoms with Gasteiger partial charge in [-0.05, 0) is 12.8 Å². The first-order chi connectivity index (χ1) is 9.31. The summed E-state index contributed by atoms with van der Waals surface area (Å²) in [5.74, 6) is -0.112. The van der Waals surface area contributed by atoms with Crippen molar-refractivity contribution < 1.29 is 9.53 Å². The van der Waals surface area contributed by atoms with Crippen molar-refractivity contribution in [2.24, 2.45) is 0 Å². The van der Waals surface area contributed by atoms with Crippen LogP contribution in [0.5, 0.6) is 0 Å². The van der Waals surface area contributed by atoms with E-state index in [2.05, 4.69) is 0 Å². The maximum Gasteiger partial charge on any atom is 0.307 e. The molecular formula is C17H16O2. The molecule has 2 nitrogen and oxygen atoms in total. The van der Waals surface area contributed by atoms with E-state index in [1.807, 2.05) is 60.7 Å². The summed E-state index contributed by atoms with van der Waals surface area (Å²) in [6.07, 6.45) is 2.22. The van der Waals surface area contributed by atoms with Crippen LogP contribution in [0.2, 0.25) is 0 Å². The molecule has 0 bridgehead atoms. The molecule has 0 N–H and O–H groups in total. The number of cyclic esters (lactones) is 1. The van der Waals surface area contributed by atoms with Gasteiger partial charge in [0.2, 0.25) is 0 Å². The van der Waals surface area contributed by atoms with Crippen LogP contribution in [0.15, 0.2) is 60.7 Å². The first-order valence-electron chi connectivity index (χ1n) is 6.64. The summed E-state index contributed by atoms with van der Waals surface area (Å²) in [5, 5.41) is 0. The molecule has 0 saturated carbocycles. The largest absolute Gasteiger partial charge is 0.449 e. The van der Waals surface area contributed by atoms with E-state index in [1.165, 1.54) is 0 Å². The van der Waals surface area contributed by atoms with Crippen LogP contribution in [0.1, 0.15) is 30.4 Å². The fourth-order valence-corrected chi connectivity index (χ4v) is 2.77. The van der Waals surface area contributed by atoms with Crippen LogP contribution in [0.25, 0.3) is 0 Å². The third-order valence-electron chi connectivity index (χ3n) is 3.68. The van der Waals surface area contributed by atoms with Gasteiger partial charge < -0.3 is 4.74 Å². The van der Waals surface area contributed by atoms with Gasteiger partial charge in [-0.15, -0.1) is 0 Å². The van der Waals surface area contributed by atoms with Gasteiger partial charge in [0.1, 0.15) is 0 Å². The zero-order valence-electron chi connectivity index (χ0n) is 10.7. The molecule has 3 rings (SSSR count). The minimum absolute atomic E-state index is 0.112. The Morgan fingerprint density at radius 3 is 1.84 bits per heavy atom. The predicted octanol–water partition coefficient (Wildman–Crippen LogP) is 3.66. The zero-order chi connectivity index (χ0) is 13.1. The fraction of sp³-hybridized carbons (Fsp3) is 0.235. The van der Waals surface area contributed by atoms with Gasteiger partial charge in [0.05, 0.1) is 0 Å². The molecule has 0 radical (unpaired) electrons. The molecule has 96 valence electrons. The number of benzene rings is 2. The average molecular weight is 252 g/mol. The number of esters is 1. The Balaban J connectivity index is 2.13.